The highest BCUT2D eigenvalue weighted by Gasteiger charge is 2.07. The van der Waals surface area contributed by atoms with Gasteiger partial charge in [0, 0.05) is 23.4 Å². The monoisotopic (exact) mass is 234 g/mol. The molecule has 0 amide bonds. The van der Waals surface area contributed by atoms with E-state index in [1.165, 1.54) is 0 Å². The molecule has 1 heterocycles. The zero-order chi connectivity index (χ0) is 11.4. The van der Waals surface area contributed by atoms with Gasteiger partial charge in [-0.2, -0.15) is 0 Å². The van der Waals surface area contributed by atoms with Gasteiger partial charge in [0.1, 0.15) is 5.76 Å². The van der Waals surface area contributed by atoms with Gasteiger partial charge in [0.15, 0.2) is 5.78 Å². The first-order valence-electron chi connectivity index (χ1n) is 5.07. The van der Waals surface area contributed by atoms with Crippen molar-refractivity contribution >= 4 is 17.4 Å². The summed E-state index contributed by atoms with van der Waals surface area (Å²) in [4.78, 5) is 11.8. The van der Waals surface area contributed by atoms with Gasteiger partial charge in [-0.1, -0.05) is 23.7 Å². The van der Waals surface area contributed by atoms with Crippen LogP contribution in [0.5, 0.6) is 0 Å². The number of hydrogen-bond donors (Lipinski definition) is 0. The number of carbonyl (C=O) groups is 1. The number of carbonyl (C=O) groups excluding carboxylic acids is 1. The summed E-state index contributed by atoms with van der Waals surface area (Å²) in [6.45, 7) is 0. The Morgan fingerprint density at radius 2 is 2.12 bits per heavy atom. The first-order valence-corrected chi connectivity index (χ1v) is 5.44. The van der Waals surface area contributed by atoms with Crippen LogP contribution in [0.15, 0.2) is 47.1 Å². The molecule has 0 radical (unpaired) electrons. The molecule has 0 saturated carbocycles. The minimum Gasteiger partial charge on any atom is -0.469 e. The summed E-state index contributed by atoms with van der Waals surface area (Å²) in [6, 6.07) is 10.7. The van der Waals surface area contributed by atoms with Gasteiger partial charge in [0.2, 0.25) is 0 Å². The van der Waals surface area contributed by atoms with Gasteiger partial charge in [0.25, 0.3) is 0 Å². The SMILES string of the molecule is O=C(CCc1ccco1)c1cccc(Cl)c1. The van der Waals surface area contributed by atoms with Crippen molar-refractivity contribution in [2.24, 2.45) is 0 Å². The summed E-state index contributed by atoms with van der Waals surface area (Å²) in [7, 11) is 0. The fourth-order valence-corrected chi connectivity index (χ4v) is 1.69. The Morgan fingerprint density at radius 1 is 1.25 bits per heavy atom. The molecule has 0 aliphatic heterocycles. The van der Waals surface area contributed by atoms with Gasteiger partial charge in [-0.05, 0) is 24.3 Å². The fourth-order valence-electron chi connectivity index (χ4n) is 1.50. The molecular formula is C13H11ClO2. The Morgan fingerprint density at radius 3 is 2.81 bits per heavy atom. The number of benzene rings is 1. The molecule has 16 heavy (non-hydrogen) atoms. The number of aryl methyl sites for hydroxylation is 1. The van der Waals surface area contributed by atoms with Crippen LogP contribution < -0.4 is 0 Å². The third-order valence-electron chi connectivity index (χ3n) is 2.33. The molecule has 2 nitrogen and oxygen atoms in total. The van der Waals surface area contributed by atoms with E-state index < -0.39 is 0 Å². The molecule has 0 aliphatic carbocycles. The van der Waals surface area contributed by atoms with Crippen LogP contribution >= 0.6 is 11.6 Å². The third-order valence-corrected chi connectivity index (χ3v) is 2.56. The molecule has 1 aromatic carbocycles. The van der Waals surface area contributed by atoms with Crippen molar-refractivity contribution in [2.45, 2.75) is 12.8 Å². The normalized spacial score (nSPS) is 10.3. The maximum atomic E-state index is 11.8. The van der Waals surface area contributed by atoms with E-state index in [9.17, 15) is 4.79 Å². The average molecular weight is 235 g/mol. The van der Waals surface area contributed by atoms with Crippen molar-refractivity contribution in [1.82, 2.24) is 0 Å². The lowest BCUT2D eigenvalue weighted by atomic mass is 10.1. The highest BCUT2D eigenvalue weighted by Crippen LogP contribution is 2.13. The predicted octanol–water partition coefficient (Wildman–Crippen LogP) is 3.75. The quantitative estimate of drug-likeness (QED) is 0.755. The number of hydrogen-bond acceptors (Lipinski definition) is 2. The highest BCUT2D eigenvalue weighted by atomic mass is 35.5. The Kier molecular flexibility index (Phi) is 3.42. The second-order valence-electron chi connectivity index (χ2n) is 3.51. The van der Waals surface area contributed by atoms with Crippen LogP contribution in [0.1, 0.15) is 22.5 Å². The van der Waals surface area contributed by atoms with Crippen molar-refractivity contribution < 1.29 is 9.21 Å². The number of halogens is 1. The number of rotatable bonds is 4. The Bertz CT molecular complexity index is 474. The van der Waals surface area contributed by atoms with Crippen LogP contribution in [0.4, 0.5) is 0 Å². The molecule has 3 heteroatoms. The second kappa shape index (κ2) is 4.99. The van der Waals surface area contributed by atoms with Gasteiger partial charge in [0.05, 0.1) is 6.26 Å². The molecule has 82 valence electrons. The van der Waals surface area contributed by atoms with Gasteiger partial charge in [-0.25, -0.2) is 0 Å². The van der Waals surface area contributed by atoms with Gasteiger partial charge in [-0.3, -0.25) is 4.79 Å². The maximum absolute atomic E-state index is 11.8. The predicted molar refractivity (Wildman–Crippen MR) is 62.8 cm³/mol. The van der Waals surface area contributed by atoms with E-state index in [0.29, 0.717) is 23.4 Å². The van der Waals surface area contributed by atoms with Gasteiger partial charge < -0.3 is 4.42 Å². The summed E-state index contributed by atoms with van der Waals surface area (Å²) in [5.41, 5.74) is 0.652. The summed E-state index contributed by atoms with van der Waals surface area (Å²) in [5.74, 6) is 0.911. The minimum atomic E-state index is 0.0823. The van der Waals surface area contributed by atoms with E-state index in [1.807, 2.05) is 12.1 Å². The molecule has 0 atom stereocenters. The first-order chi connectivity index (χ1) is 7.75. The summed E-state index contributed by atoms with van der Waals surface area (Å²) < 4.78 is 5.17. The van der Waals surface area contributed by atoms with E-state index in [1.54, 1.807) is 30.5 Å². The lowest BCUT2D eigenvalue weighted by molar-refractivity contribution is 0.0981. The first kappa shape index (κ1) is 11.0. The van der Waals surface area contributed by atoms with E-state index in [2.05, 4.69) is 0 Å². The topological polar surface area (TPSA) is 30.2 Å². The molecule has 2 aromatic rings. The third kappa shape index (κ3) is 2.74. The molecule has 0 unspecified atom stereocenters. The number of furan rings is 1. The average Bonchev–Trinajstić information content (AvgIpc) is 2.78. The Balaban J connectivity index is 1.98. The van der Waals surface area contributed by atoms with Crippen LogP contribution in [0.3, 0.4) is 0 Å². The van der Waals surface area contributed by atoms with Crippen LogP contribution in [-0.2, 0) is 6.42 Å². The maximum Gasteiger partial charge on any atom is 0.163 e. The molecular weight excluding hydrogens is 224 g/mol. The molecule has 0 N–H and O–H groups in total. The van der Waals surface area contributed by atoms with Crippen molar-refractivity contribution in [3.8, 4) is 0 Å². The van der Waals surface area contributed by atoms with Crippen molar-refractivity contribution in [1.29, 1.82) is 0 Å². The zero-order valence-corrected chi connectivity index (χ0v) is 9.41. The zero-order valence-electron chi connectivity index (χ0n) is 8.65. The van der Waals surface area contributed by atoms with Crippen LogP contribution in [-0.4, -0.2) is 5.78 Å². The van der Waals surface area contributed by atoms with Crippen LogP contribution in [0.25, 0.3) is 0 Å². The minimum absolute atomic E-state index is 0.0823. The lowest BCUT2D eigenvalue weighted by Crippen LogP contribution is -2.00. The largest absolute Gasteiger partial charge is 0.469 e. The van der Waals surface area contributed by atoms with E-state index in [0.717, 1.165) is 5.76 Å². The molecule has 2 rings (SSSR count). The molecule has 0 aliphatic rings. The van der Waals surface area contributed by atoms with Crippen LogP contribution in [0, 0.1) is 0 Å². The highest BCUT2D eigenvalue weighted by molar-refractivity contribution is 6.31. The Hall–Kier alpha value is -1.54. The summed E-state index contributed by atoms with van der Waals surface area (Å²) in [5, 5.41) is 0.587. The number of ketones is 1. The second-order valence-corrected chi connectivity index (χ2v) is 3.95. The van der Waals surface area contributed by atoms with Gasteiger partial charge >= 0.3 is 0 Å². The smallest absolute Gasteiger partial charge is 0.163 e. The lowest BCUT2D eigenvalue weighted by Gasteiger charge is -2.00. The Labute approximate surface area is 98.8 Å². The van der Waals surface area contributed by atoms with Crippen molar-refractivity contribution in [3.05, 3.63) is 59.0 Å². The van der Waals surface area contributed by atoms with Crippen molar-refractivity contribution in [2.75, 3.05) is 0 Å². The molecule has 0 saturated heterocycles. The fraction of sp³-hybridized carbons (Fsp3) is 0.154. The number of Topliss-reactive ketones (excluding diaryl/α,β-unsaturated/α-hetero) is 1. The van der Waals surface area contributed by atoms with Crippen LogP contribution in [0.2, 0.25) is 5.02 Å². The van der Waals surface area contributed by atoms with Crippen molar-refractivity contribution in [3.63, 3.8) is 0 Å². The van der Waals surface area contributed by atoms with E-state index in [4.69, 9.17) is 16.0 Å². The standard InChI is InChI=1S/C13H11ClO2/c14-11-4-1-3-10(9-11)13(15)7-6-12-5-2-8-16-12/h1-5,8-9H,6-7H2. The molecule has 1 aromatic heterocycles. The van der Waals surface area contributed by atoms with E-state index in [-0.39, 0.29) is 5.78 Å². The van der Waals surface area contributed by atoms with E-state index >= 15 is 0 Å². The molecule has 0 bridgehead atoms. The molecule has 0 spiro atoms. The molecule has 0 fully saturated rings. The summed E-state index contributed by atoms with van der Waals surface area (Å²) in [6.07, 6.45) is 2.67. The van der Waals surface area contributed by atoms with Gasteiger partial charge in [-0.15, -0.1) is 0 Å². The summed E-state index contributed by atoms with van der Waals surface area (Å²) >= 11 is 5.82.